The third-order valence-corrected chi connectivity index (χ3v) is 6.22. The average molecular weight is 324 g/mol. The minimum Gasteiger partial charge on any atom is -0.370 e. The third-order valence-electron chi connectivity index (χ3n) is 4.01. The number of nitrogens with zero attached hydrogens (tertiary/aromatic N) is 1. The van der Waals surface area contributed by atoms with Gasteiger partial charge in [-0.1, -0.05) is 25.6 Å². The molecule has 3 heterocycles. The number of nitrogens with one attached hydrogen (secondary N) is 1. The molecule has 0 bridgehead atoms. The van der Waals surface area contributed by atoms with E-state index in [0.29, 0.717) is 6.61 Å². The zero-order valence-corrected chi connectivity index (χ0v) is 14.2. The molecule has 1 aliphatic rings. The normalized spacial score (nSPS) is 21.7. The van der Waals surface area contributed by atoms with E-state index in [1.807, 2.05) is 0 Å². The molecule has 0 spiro atoms. The topological polar surface area (TPSA) is 55.0 Å². The van der Waals surface area contributed by atoms with Crippen molar-refractivity contribution in [3.05, 3.63) is 20.8 Å². The molecule has 114 valence electrons. The van der Waals surface area contributed by atoms with Crippen LogP contribution in [0, 0.1) is 0 Å². The van der Waals surface area contributed by atoms with E-state index < -0.39 is 0 Å². The van der Waals surface area contributed by atoms with Crippen LogP contribution in [0.1, 0.15) is 44.1 Å². The largest absolute Gasteiger partial charge is 0.370 e. The molecule has 1 aliphatic heterocycles. The van der Waals surface area contributed by atoms with Crippen LogP contribution in [0.2, 0.25) is 0 Å². The fraction of sp³-hybridized carbons (Fsp3) is 0.600. The Bertz CT molecular complexity index is 722. The predicted octanol–water partition coefficient (Wildman–Crippen LogP) is 3.73. The molecule has 0 aliphatic carbocycles. The number of rotatable bonds is 4. The van der Waals surface area contributed by atoms with E-state index in [1.54, 1.807) is 23.1 Å². The van der Waals surface area contributed by atoms with Crippen molar-refractivity contribution in [2.45, 2.75) is 57.4 Å². The summed E-state index contributed by atoms with van der Waals surface area (Å²) in [4.78, 5) is 22.0. The van der Waals surface area contributed by atoms with Crippen LogP contribution in [0.25, 0.3) is 10.2 Å². The lowest BCUT2D eigenvalue weighted by Gasteiger charge is -2.32. The number of fused-ring (bicyclic) bond motifs is 3. The molecule has 2 aromatic rings. The highest BCUT2D eigenvalue weighted by Gasteiger charge is 2.32. The van der Waals surface area contributed by atoms with Crippen molar-refractivity contribution in [1.29, 1.82) is 0 Å². The summed E-state index contributed by atoms with van der Waals surface area (Å²) >= 11 is 3.26. The highest BCUT2D eigenvalue weighted by atomic mass is 32.2. The maximum Gasteiger partial charge on any atom is 0.260 e. The lowest BCUT2D eigenvalue weighted by molar-refractivity contribution is -0.0546. The van der Waals surface area contributed by atoms with Crippen molar-refractivity contribution in [2.24, 2.45) is 0 Å². The summed E-state index contributed by atoms with van der Waals surface area (Å²) in [5, 5.41) is 1.46. The number of H-pyrrole nitrogens is 1. The minimum atomic E-state index is -0.111. The Morgan fingerprint density at radius 1 is 1.48 bits per heavy atom. The summed E-state index contributed by atoms with van der Waals surface area (Å²) in [6, 6.07) is 0. The van der Waals surface area contributed by atoms with Gasteiger partial charge in [-0.15, -0.1) is 11.3 Å². The van der Waals surface area contributed by atoms with Gasteiger partial charge in [0.2, 0.25) is 0 Å². The van der Waals surface area contributed by atoms with Crippen LogP contribution in [-0.4, -0.2) is 21.3 Å². The number of aromatic nitrogens is 2. The van der Waals surface area contributed by atoms with Gasteiger partial charge in [0.25, 0.3) is 5.56 Å². The molecule has 1 unspecified atom stereocenters. The van der Waals surface area contributed by atoms with Gasteiger partial charge in [0.05, 0.1) is 17.6 Å². The molecule has 1 N–H and O–H groups in total. The Hall–Kier alpha value is -0.850. The zero-order valence-electron chi connectivity index (χ0n) is 12.6. The van der Waals surface area contributed by atoms with Crippen molar-refractivity contribution in [1.82, 2.24) is 9.97 Å². The first kappa shape index (κ1) is 15.1. The quantitative estimate of drug-likeness (QED) is 0.688. The fourth-order valence-corrected chi connectivity index (χ4v) is 4.64. The molecule has 3 rings (SSSR count). The summed E-state index contributed by atoms with van der Waals surface area (Å²) in [5.74, 6) is 0.969. The molecule has 0 aromatic carbocycles. The number of hydrogen-bond acceptors (Lipinski definition) is 5. The predicted molar refractivity (Wildman–Crippen MR) is 88.4 cm³/mol. The highest BCUT2D eigenvalue weighted by molar-refractivity contribution is 7.99. The molecule has 0 amide bonds. The molecule has 2 aromatic heterocycles. The Morgan fingerprint density at radius 2 is 2.29 bits per heavy atom. The molecule has 0 saturated heterocycles. The summed E-state index contributed by atoms with van der Waals surface area (Å²) in [7, 11) is 0. The van der Waals surface area contributed by atoms with Crippen LogP contribution in [0.5, 0.6) is 0 Å². The van der Waals surface area contributed by atoms with Gasteiger partial charge >= 0.3 is 0 Å². The smallest absolute Gasteiger partial charge is 0.260 e. The second kappa shape index (κ2) is 5.74. The molecule has 21 heavy (non-hydrogen) atoms. The lowest BCUT2D eigenvalue weighted by Crippen LogP contribution is -2.34. The maximum absolute atomic E-state index is 12.4. The molecule has 0 radical (unpaired) electrons. The van der Waals surface area contributed by atoms with E-state index >= 15 is 0 Å². The first-order chi connectivity index (χ1) is 10.1. The van der Waals surface area contributed by atoms with Gasteiger partial charge < -0.3 is 9.72 Å². The van der Waals surface area contributed by atoms with Crippen LogP contribution in [0.3, 0.4) is 0 Å². The Kier molecular flexibility index (Phi) is 4.12. The summed E-state index contributed by atoms with van der Waals surface area (Å²) < 4.78 is 5.98. The molecular weight excluding hydrogens is 304 g/mol. The number of ether oxygens (including phenoxy) is 1. The van der Waals surface area contributed by atoms with Crippen molar-refractivity contribution >= 4 is 33.3 Å². The second-order valence-electron chi connectivity index (χ2n) is 5.67. The molecule has 1 atom stereocenters. The van der Waals surface area contributed by atoms with Crippen molar-refractivity contribution in [2.75, 3.05) is 5.75 Å². The highest BCUT2D eigenvalue weighted by Crippen LogP contribution is 2.38. The van der Waals surface area contributed by atoms with Crippen LogP contribution in [-0.2, 0) is 17.8 Å². The zero-order chi connectivity index (χ0) is 15.0. The third kappa shape index (κ3) is 2.76. The fourth-order valence-electron chi connectivity index (χ4n) is 2.52. The van der Waals surface area contributed by atoms with E-state index in [0.717, 1.165) is 46.0 Å². The van der Waals surface area contributed by atoms with Gasteiger partial charge in [0, 0.05) is 22.6 Å². The summed E-state index contributed by atoms with van der Waals surface area (Å²) in [6.45, 7) is 6.92. The van der Waals surface area contributed by atoms with E-state index in [2.05, 4.69) is 30.7 Å². The molecule has 0 saturated carbocycles. The molecule has 4 nitrogen and oxygen atoms in total. The van der Waals surface area contributed by atoms with Crippen molar-refractivity contribution in [3.63, 3.8) is 0 Å². The van der Waals surface area contributed by atoms with E-state index in [-0.39, 0.29) is 11.2 Å². The van der Waals surface area contributed by atoms with Gasteiger partial charge in [-0.25, -0.2) is 4.98 Å². The van der Waals surface area contributed by atoms with Gasteiger partial charge in [0.15, 0.2) is 5.16 Å². The Labute approximate surface area is 132 Å². The average Bonchev–Trinajstić information content (AvgIpc) is 2.82. The first-order valence-electron chi connectivity index (χ1n) is 7.37. The van der Waals surface area contributed by atoms with Crippen LogP contribution in [0.15, 0.2) is 9.95 Å². The molecule has 0 fully saturated rings. The van der Waals surface area contributed by atoms with Crippen LogP contribution < -0.4 is 5.56 Å². The van der Waals surface area contributed by atoms with Gasteiger partial charge in [-0.05, 0) is 19.8 Å². The van der Waals surface area contributed by atoms with E-state index in [9.17, 15) is 4.79 Å². The van der Waals surface area contributed by atoms with Crippen LogP contribution in [0.4, 0.5) is 0 Å². The number of thioether (sulfide) groups is 1. The molecular formula is C15H20N2O2S2. The first-order valence-corrected chi connectivity index (χ1v) is 9.18. The monoisotopic (exact) mass is 324 g/mol. The lowest BCUT2D eigenvalue weighted by atomic mass is 9.93. The van der Waals surface area contributed by atoms with E-state index in [1.165, 1.54) is 4.88 Å². The molecule has 6 heteroatoms. The van der Waals surface area contributed by atoms with Crippen molar-refractivity contribution in [3.8, 4) is 0 Å². The van der Waals surface area contributed by atoms with Crippen LogP contribution >= 0.6 is 23.1 Å². The van der Waals surface area contributed by atoms with Gasteiger partial charge in [-0.2, -0.15) is 0 Å². The Balaban J connectivity index is 2.05. The van der Waals surface area contributed by atoms with Crippen molar-refractivity contribution < 1.29 is 4.74 Å². The maximum atomic E-state index is 12.4. The number of hydrogen-bond donors (Lipinski definition) is 1. The van der Waals surface area contributed by atoms with Gasteiger partial charge in [-0.3, -0.25) is 4.79 Å². The SMILES string of the molecule is CCCSc1nc2sc3c(c2c(=O)[nH]1)COC(C)(CC)C3. The summed E-state index contributed by atoms with van der Waals surface area (Å²) in [6.07, 6.45) is 2.91. The summed E-state index contributed by atoms with van der Waals surface area (Å²) in [5.41, 5.74) is 0.905. The number of thiophene rings is 1. The standard InChI is InChI=1S/C15H20N2O2S2/c1-4-6-20-14-16-12(18)11-9-8-19-15(3,5-2)7-10(9)21-13(11)17-14/h4-8H2,1-3H3,(H,16,17,18). The second-order valence-corrected chi connectivity index (χ2v) is 7.84. The minimum absolute atomic E-state index is 0.0280. The van der Waals surface area contributed by atoms with E-state index in [4.69, 9.17) is 4.74 Å². The van der Waals surface area contributed by atoms with Gasteiger partial charge in [0.1, 0.15) is 4.83 Å². The number of aromatic amines is 1. The Morgan fingerprint density at radius 3 is 3.00 bits per heavy atom.